The van der Waals surface area contributed by atoms with Crippen molar-refractivity contribution in [3.05, 3.63) is 143 Å². The minimum Gasteiger partial charge on any atom is -0.301 e. The lowest BCUT2D eigenvalue weighted by Crippen LogP contribution is -2.46. The lowest BCUT2D eigenvalue weighted by atomic mass is 9.97. The molecule has 2 N–H and O–H groups in total. The molecule has 0 aromatic heterocycles. The van der Waals surface area contributed by atoms with Gasteiger partial charge in [0.2, 0.25) is 0 Å². The van der Waals surface area contributed by atoms with E-state index in [1.807, 2.05) is 123 Å². The Labute approximate surface area is 229 Å². The van der Waals surface area contributed by atoms with Gasteiger partial charge in [-0.1, -0.05) is 120 Å². The van der Waals surface area contributed by atoms with Gasteiger partial charge in [0.25, 0.3) is 0 Å². The van der Waals surface area contributed by atoms with Crippen LogP contribution in [0.1, 0.15) is 45.5 Å². The summed E-state index contributed by atoms with van der Waals surface area (Å²) < 4.78 is 30.1. The van der Waals surface area contributed by atoms with E-state index in [1.165, 1.54) is 0 Å². The molecule has 0 aliphatic carbocycles. The maximum absolute atomic E-state index is 15.1. The van der Waals surface area contributed by atoms with E-state index in [4.69, 9.17) is 0 Å². The molecular weight excluding hydrogens is 504 g/mol. The van der Waals surface area contributed by atoms with E-state index >= 15 is 8.42 Å². The average molecular weight is 535 g/mol. The summed E-state index contributed by atoms with van der Waals surface area (Å²) >= 11 is 0. The Balaban J connectivity index is 1.51. The summed E-state index contributed by atoms with van der Waals surface area (Å²) in [5, 5.41) is 7.45. The van der Waals surface area contributed by atoms with Crippen LogP contribution in [0.5, 0.6) is 0 Å². The van der Waals surface area contributed by atoms with Gasteiger partial charge in [0, 0.05) is 0 Å². The Morgan fingerprint density at radius 2 is 0.897 bits per heavy atom. The van der Waals surface area contributed by atoms with Crippen LogP contribution in [-0.2, 0) is 9.84 Å². The molecule has 2 heterocycles. The molecule has 0 fully saturated rings. The number of aryl methyl sites for hydroxylation is 2. The number of hydrazone groups is 2. The van der Waals surface area contributed by atoms with Gasteiger partial charge in [-0.15, -0.1) is 0 Å². The van der Waals surface area contributed by atoms with Gasteiger partial charge >= 0.3 is 0 Å². The minimum absolute atomic E-state index is 0.519. The summed E-state index contributed by atoms with van der Waals surface area (Å²) in [4.78, 5) is 0. The second kappa shape index (κ2) is 10.2. The van der Waals surface area contributed by atoms with Gasteiger partial charge in [0.05, 0.1) is 23.5 Å². The highest BCUT2D eigenvalue weighted by Gasteiger charge is 2.52. The van der Waals surface area contributed by atoms with Crippen molar-refractivity contribution in [2.45, 2.75) is 36.4 Å². The van der Waals surface area contributed by atoms with Gasteiger partial charge in [-0.05, 0) is 36.1 Å². The zero-order valence-electron chi connectivity index (χ0n) is 21.8. The van der Waals surface area contributed by atoms with Crippen molar-refractivity contribution in [2.75, 3.05) is 0 Å². The van der Waals surface area contributed by atoms with E-state index in [9.17, 15) is 0 Å². The number of nitrogens with one attached hydrogen (secondary N) is 2. The Morgan fingerprint density at radius 3 is 1.26 bits per heavy atom. The summed E-state index contributed by atoms with van der Waals surface area (Å²) in [6.07, 6.45) is 0. The molecule has 0 radical (unpaired) electrons. The minimum atomic E-state index is -3.93. The first kappa shape index (κ1) is 25.1. The second-order valence-electron chi connectivity index (χ2n) is 10.2. The van der Waals surface area contributed by atoms with Crippen LogP contribution >= 0.6 is 0 Å². The summed E-state index contributed by atoms with van der Waals surface area (Å²) in [6.45, 7) is 4.02. The first-order valence-electron chi connectivity index (χ1n) is 13.1. The number of hydrogen-bond acceptors (Lipinski definition) is 6. The van der Waals surface area contributed by atoms with Crippen LogP contribution in [0.25, 0.3) is 0 Å². The van der Waals surface area contributed by atoms with Gasteiger partial charge < -0.3 is 10.9 Å². The number of sulfone groups is 1. The summed E-state index contributed by atoms with van der Waals surface area (Å²) in [5.41, 5.74) is 12.9. The van der Waals surface area contributed by atoms with Crippen LogP contribution < -0.4 is 10.9 Å². The van der Waals surface area contributed by atoms with Crippen molar-refractivity contribution in [2.24, 2.45) is 10.2 Å². The van der Waals surface area contributed by atoms with Gasteiger partial charge in [0.15, 0.2) is 9.84 Å². The number of benzene rings is 4. The van der Waals surface area contributed by atoms with Crippen molar-refractivity contribution >= 4 is 21.3 Å². The van der Waals surface area contributed by atoms with Crippen LogP contribution in [0.2, 0.25) is 0 Å². The molecule has 4 aromatic rings. The fourth-order valence-corrected chi connectivity index (χ4v) is 7.94. The molecule has 7 heteroatoms. The monoisotopic (exact) mass is 534 g/mol. The predicted molar refractivity (Wildman–Crippen MR) is 157 cm³/mol. The van der Waals surface area contributed by atoms with E-state index in [0.717, 1.165) is 33.4 Å². The summed E-state index contributed by atoms with van der Waals surface area (Å²) in [6, 6.07) is 34.0. The summed E-state index contributed by atoms with van der Waals surface area (Å²) in [7, 11) is -3.93. The van der Waals surface area contributed by atoms with Crippen molar-refractivity contribution in [1.29, 1.82) is 0 Å². The van der Waals surface area contributed by atoms with Crippen LogP contribution in [0, 0.1) is 13.8 Å². The molecule has 0 amide bonds. The van der Waals surface area contributed by atoms with Crippen molar-refractivity contribution in [1.82, 2.24) is 10.9 Å². The van der Waals surface area contributed by atoms with E-state index in [0.29, 0.717) is 11.4 Å². The number of hydrogen-bond donors (Lipinski definition) is 2. The van der Waals surface area contributed by atoms with E-state index in [2.05, 4.69) is 21.1 Å². The third kappa shape index (κ3) is 4.63. The number of rotatable bonds is 6. The molecule has 6 nitrogen and oxygen atoms in total. The summed E-state index contributed by atoms with van der Waals surface area (Å²) in [5.74, 6) is 0. The molecule has 0 saturated heterocycles. The Bertz CT molecular complexity index is 1510. The first-order chi connectivity index (χ1) is 18.9. The molecule has 0 bridgehead atoms. The average Bonchev–Trinajstić information content (AvgIpc) is 3.62. The lowest BCUT2D eigenvalue weighted by Gasteiger charge is -2.28. The molecule has 2 aliphatic heterocycles. The van der Waals surface area contributed by atoms with Gasteiger partial charge in [-0.25, -0.2) is 8.42 Å². The predicted octanol–water partition coefficient (Wildman–Crippen LogP) is 5.25. The van der Waals surface area contributed by atoms with Crippen LogP contribution in [0.4, 0.5) is 0 Å². The molecule has 39 heavy (non-hydrogen) atoms. The SMILES string of the molecule is Cc1ccc(C2=NNC(c3ccccc3)C2S(=O)(=O)C2C(c3ccc(C)cc3)=NNC2c2ccccc2)cc1. The smallest absolute Gasteiger partial charge is 0.172 e. The Hall–Kier alpha value is -4.23. The molecule has 0 saturated carbocycles. The van der Waals surface area contributed by atoms with Crippen LogP contribution in [-0.4, -0.2) is 30.3 Å². The molecule has 196 valence electrons. The van der Waals surface area contributed by atoms with Crippen LogP contribution in [0.3, 0.4) is 0 Å². The zero-order valence-corrected chi connectivity index (χ0v) is 22.6. The molecule has 4 atom stereocenters. The topological polar surface area (TPSA) is 82.9 Å². The van der Waals surface area contributed by atoms with Crippen LogP contribution in [0.15, 0.2) is 119 Å². The standard InChI is InChI=1S/C32H30N4O2S/c1-21-13-17-25(18-14-21)29-31(27(33-35-29)23-9-5-3-6-10-23)39(37,38)32-28(24-11-7-4-8-12-24)34-36-30(32)26-19-15-22(2)16-20-26/h3-20,27-28,31-34H,1-2H3. The molecule has 4 aromatic carbocycles. The van der Waals surface area contributed by atoms with Gasteiger partial charge in [-0.3, -0.25) is 0 Å². The first-order valence-corrected chi connectivity index (χ1v) is 14.7. The molecule has 6 rings (SSSR count). The highest BCUT2D eigenvalue weighted by atomic mass is 32.2. The zero-order chi connectivity index (χ0) is 27.0. The van der Waals surface area contributed by atoms with E-state index in [-0.39, 0.29) is 0 Å². The fraction of sp³-hybridized carbons (Fsp3) is 0.188. The largest absolute Gasteiger partial charge is 0.301 e. The van der Waals surface area contributed by atoms with Crippen molar-refractivity contribution in [3.8, 4) is 0 Å². The quantitative estimate of drug-likeness (QED) is 0.354. The van der Waals surface area contributed by atoms with E-state index in [1.54, 1.807) is 0 Å². The molecule has 4 unspecified atom stereocenters. The Kier molecular flexibility index (Phi) is 6.53. The molecular formula is C32H30N4O2S. The lowest BCUT2D eigenvalue weighted by molar-refractivity contribution is 0.538. The highest BCUT2D eigenvalue weighted by Crippen LogP contribution is 2.39. The van der Waals surface area contributed by atoms with Gasteiger partial charge in [0.1, 0.15) is 10.5 Å². The maximum atomic E-state index is 15.1. The molecule has 2 aliphatic rings. The van der Waals surface area contributed by atoms with Crippen molar-refractivity contribution < 1.29 is 8.42 Å². The maximum Gasteiger partial charge on any atom is 0.172 e. The van der Waals surface area contributed by atoms with Gasteiger partial charge in [-0.2, -0.15) is 10.2 Å². The van der Waals surface area contributed by atoms with E-state index < -0.39 is 32.4 Å². The third-order valence-corrected chi connectivity index (χ3v) is 9.92. The Morgan fingerprint density at radius 1 is 0.538 bits per heavy atom. The molecule has 0 spiro atoms. The fourth-order valence-electron chi connectivity index (χ4n) is 5.43. The number of nitrogens with zero attached hydrogens (tertiary/aromatic N) is 2. The second-order valence-corrected chi connectivity index (χ2v) is 12.4. The normalized spacial score (nSPS) is 22.5. The third-order valence-electron chi connectivity index (χ3n) is 7.51. The van der Waals surface area contributed by atoms with Crippen molar-refractivity contribution in [3.63, 3.8) is 0 Å². The highest BCUT2D eigenvalue weighted by molar-refractivity contribution is 7.94.